The summed E-state index contributed by atoms with van der Waals surface area (Å²) in [7, 11) is 0. The molecule has 1 saturated carbocycles. The molecule has 2 unspecified atom stereocenters. The lowest BCUT2D eigenvalue weighted by Gasteiger charge is -2.16. The van der Waals surface area contributed by atoms with Crippen LogP contribution in [0.2, 0.25) is 0 Å². The quantitative estimate of drug-likeness (QED) is 0.653. The van der Waals surface area contributed by atoms with Gasteiger partial charge in [0.15, 0.2) is 0 Å². The minimum atomic E-state index is -0.308. The maximum atomic E-state index is 11.0. The van der Waals surface area contributed by atoms with E-state index in [1.165, 1.54) is 6.42 Å². The van der Waals surface area contributed by atoms with Crippen LogP contribution in [0, 0.1) is 29.9 Å². The van der Waals surface area contributed by atoms with Crippen molar-refractivity contribution in [2.45, 2.75) is 46.1 Å². The predicted molar refractivity (Wildman–Crippen MR) is 73.0 cm³/mol. The first kappa shape index (κ1) is 12.9. The maximum absolute atomic E-state index is 11.0. The van der Waals surface area contributed by atoms with Gasteiger partial charge in [0.1, 0.15) is 0 Å². The minimum Gasteiger partial charge on any atom is -0.382 e. The number of hydrogen-bond acceptors (Lipinski definition) is 3. The van der Waals surface area contributed by atoms with Gasteiger partial charge in [-0.2, -0.15) is 0 Å². The zero-order valence-electron chi connectivity index (χ0n) is 11.2. The monoisotopic (exact) mass is 248 g/mol. The fourth-order valence-electron chi connectivity index (χ4n) is 2.75. The fourth-order valence-corrected chi connectivity index (χ4v) is 2.75. The minimum absolute atomic E-state index is 0.203. The number of anilines is 1. The van der Waals surface area contributed by atoms with Crippen molar-refractivity contribution in [2.24, 2.45) is 5.92 Å². The Morgan fingerprint density at radius 3 is 2.56 bits per heavy atom. The van der Waals surface area contributed by atoms with Crippen LogP contribution in [0.3, 0.4) is 0 Å². The van der Waals surface area contributed by atoms with Crippen molar-refractivity contribution in [3.63, 3.8) is 0 Å². The fraction of sp³-hybridized carbons (Fsp3) is 0.571. The highest BCUT2D eigenvalue weighted by atomic mass is 16.6. The molecule has 0 aromatic heterocycles. The zero-order valence-corrected chi connectivity index (χ0v) is 11.2. The lowest BCUT2D eigenvalue weighted by Crippen LogP contribution is -2.16. The molecule has 1 aliphatic carbocycles. The van der Waals surface area contributed by atoms with Crippen molar-refractivity contribution in [1.29, 1.82) is 0 Å². The van der Waals surface area contributed by atoms with Crippen LogP contribution in [-0.2, 0) is 0 Å². The van der Waals surface area contributed by atoms with Crippen molar-refractivity contribution in [3.05, 3.63) is 33.4 Å². The summed E-state index contributed by atoms with van der Waals surface area (Å²) < 4.78 is 0. The van der Waals surface area contributed by atoms with Gasteiger partial charge in [-0.25, -0.2) is 0 Å². The first-order chi connectivity index (χ1) is 8.47. The average Bonchev–Trinajstić information content (AvgIpc) is 2.67. The zero-order chi connectivity index (χ0) is 13.3. The van der Waals surface area contributed by atoms with Crippen LogP contribution in [-0.4, -0.2) is 11.0 Å². The molecule has 4 nitrogen and oxygen atoms in total. The number of nitrogens with zero attached hydrogens (tertiary/aromatic N) is 1. The van der Waals surface area contributed by atoms with E-state index in [2.05, 4.69) is 12.2 Å². The van der Waals surface area contributed by atoms with Crippen LogP contribution in [0.25, 0.3) is 0 Å². The van der Waals surface area contributed by atoms with Gasteiger partial charge in [0.25, 0.3) is 5.69 Å². The second-order valence-electron chi connectivity index (χ2n) is 5.47. The molecule has 98 valence electrons. The summed E-state index contributed by atoms with van der Waals surface area (Å²) in [6.45, 7) is 6.04. The number of aryl methyl sites for hydroxylation is 2. The summed E-state index contributed by atoms with van der Waals surface area (Å²) in [5.41, 5.74) is 2.92. The van der Waals surface area contributed by atoms with Crippen LogP contribution >= 0.6 is 0 Å². The number of benzene rings is 1. The molecule has 4 heteroatoms. The van der Waals surface area contributed by atoms with Gasteiger partial charge in [-0.05, 0) is 50.7 Å². The molecular formula is C14H20N2O2. The van der Waals surface area contributed by atoms with E-state index in [-0.39, 0.29) is 10.6 Å². The highest BCUT2D eigenvalue weighted by molar-refractivity contribution is 5.60. The Hall–Kier alpha value is -1.58. The first-order valence-electron chi connectivity index (χ1n) is 6.49. The van der Waals surface area contributed by atoms with Gasteiger partial charge in [0.2, 0.25) is 0 Å². The molecule has 1 N–H and O–H groups in total. The van der Waals surface area contributed by atoms with Crippen molar-refractivity contribution < 1.29 is 4.92 Å². The molecule has 0 aliphatic heterocycles. The Morgan fingerprint density at radius 2 is 2.00 bits per heavy atom. The summed E-state index contributed by atoms with van der Waals surface area (Å²) in [5.74, 6) is 0.753. The van der Waals surface area contributed by atoms with Gasteiger partial charge in [0, 0.05) is 23.4 Å². The number of nitrogens with one attached hydrogen (secondary N) is 1. The molecule has 2 atom stereocenters. The molecule has 1 aliphatic rings. The normalized spacial score (nSPS) is 23.1. The van der Waals surface area contributed by atoms with Crippen molar-refractivity contribution in [3.8, 4) is 0 Å². The third kappa shape index (κ3) is 2.63. The van der Waals surface area contributed by atoms with Gasteiger partial charge >= 0.3 is 0 Å². The molecular weight excluding hydrogens is 228 g/mol. The summed E-state index contributed by atoms with van der Waals surface area (Å²) in [5, 5.41) is 14.4. The standard InChI is InChI=1S/C14H20N2O2/c1-9-4-5-12(6-9)15-13-8-14(16(17)18)11(3)7-10(13)2/h7-9,12,15H,4-6H2,1-3H3. The van der Waals surface area contributed by atoms with E-state index >= 15 is 0 Å². The third-order valence-corrected chi connectivity index (χ3v) is 3.79. The molecule has 0 saturated heterocycles. The van der Waals surface area contributed by atoms with Gasteiger partial charge in [-0.15, -0.1) is 0 Å². The van der Waals surface area contributed by atoms with Crippen molar-refractivity contribution in [1.82, 2.24) is 0 Å². The molecule has 0 heterocycles. The molecule has 1 aromatic carbocycles. The van der Waals surface area contributed by atoms with E-state index in [0.29, 0.717) is 6.04 Å². The van der Waals surface area contributed by atoms with Gasteiger partial charge in [-0.1, -0.05) is 6.92 Å². The molecule has 1 aromatic rings. The molecule has 0 radical (unpaired) electrons. The largest absolute Gasteiger partial charge is 0.382 e. The Balaban J connectivity index is 2.22. The van der Waals surface area contributed by atoms with E-state index in [1.54, 1.807) is 13.0 Å². The number of hydrogen-bond donors (Lipinski definition) is 1. The van der Waals surface area contributed by atoms with Crippen LogP contribution in [0.15, 0.2) is 12.1 Å². The van der Waals surface area contributed by atoms with Crippen LogP contribution in [0.4, 0.5) is 11.4 Å². The smallest absolute Gasteiger partial charge is 0.274 e. The Morgan fingerprint density at radius 1 is 1.28 bits per heavy atom. The summed E-state index contributed by atoms with van der Waals surface area (Å²) in [6, 6.07) is 4.02. The first-order valence-corrected chi connectivity index (χ1v) is 6.49. The predicted octanol–water partition coefficient (Wildman–Crippen LogP) is 3.81. The van der Waals surface area contributed by atoms with Crippen LogP contribution < -0.4 is 5.32 Å². The highest BCUT2D eigenvalue weighted by Crippen LogP contribution is 2.31. The molecule has 2 rings (SSSR count). The second kappa shape index (κ2) is 4.96. The van der Waals surface area contributed by atoms with E-state index in [1.807, 2.05) is 13.0 Å². The van der Waals surface area contributed by atoms with E-state index in [9.17, 15) is 10.1 Å². The molecule has 0 bridgehead atoms. The van der Waals surface area contributed by atoms with E-state index in [4.69, 9.17) is 0 Å². The Kier molecular flexibility index (Phi) is 3.55. The molecule has 0 amide bonds. The number of nitro groups is 1. The molecule has 1 fully saturated rings. The average molecular weight is 248 g/mol. The highest BCUT2D eigenvalue weighted by Gasteiger charge is 2.22. The maximum Gasteiger partial charge on any atom is 0.274 e. The lowest BCUT2D eigenvalue weighted by molar-refractivity contribution is -0.385. The Bertz CT molecular complexity index is 471. The number of nitro benzene ring substituents is 1. The summed E-state index contributed by atoms with van der Waals surface area (Å²) in [6.07, 6.45) is 3.55. The van der Waals surface area contributed by atoms with Gasteiger partial charge in [0.05, 0.1) is 4.92 Å². The van der Waals surface area contributed by atoms with Crippen molar-refractivity contribution >= 4 is 11.4 Å². The van der Waals surface area contributed by atoms with Crippen LogP contribution in [0.5, 0.6) is 0 Å². The Labute approximate surface area is 108 Å². The topological polar surface area (TPSA) is 55.2 Å². The van der Waals surface area contributed by atoms with Gasteiger partial charge in [-0.3, -0.25) is 10.1 Å². The number of rotatable bonds is 3. The second-order valence-corrected chi connectivity index (χ2v) is 5.47. The molecule has 18 heavy (non-hydrogen) atoms. The van der Waals surface area contributed by atoms with E-state index < -0.39 is 0 Å². The third-order valence-electron chi connectivity index (χ3n) is 3.79. The lowest BCUT2D eigenvalue weighted by atomic mass is 10.1. The van der Waals surface area contributed by atoms with Crippen LogP contribution in [0.1, 0.15) is 37.3 Å². The summed E-state index contributed by atoms with van der Waals surface area (Å²) in [4.78, 5) is 10.6. The van der Waals surface area contributed by atoms with E-state index in [0.717, 1.165) is 35.6 Å². The molecule has 0 spiro atoms. The van der Waals surface area contributed by atoms with Gasteiger partial charge < -0.3 is 5.32 Å². The van der Waals surface area contributed by atoms with Crippen molar-refractivity contribution in [2.75, 3.05) is 5.32 Å². The summed E-state index contributed by atoms with van der Waals surface area (Å²) >= 11 is 0. The SMILES string of the molecule is Cc1cc(C)c([N+](=O)[O-])cc1NC1CCC(C)C1.